The summed E-state index contributed by atoms with van der Waals surface area (Å²) in [5.74, 6) is -0.514. The molecule has 6 heteroatoms. The predicted molar refractivity (Wildman–Crippen MR) is 71.1 cm³/mol. The van der Waals surface area contributed by atoms with E-state index in [4.69, 9.17) is 5.11 Å². The number of carbonyl (C=O) groups is 1. The molecular formula is C12H10BrN3O2. The summed E-state index contributed by atoms with van der Waals surface area (Å²) in [5, 5.41) is 9.02. The van der Waals surface area contributed by atoms with Crippen molar-refractivity contribution in [3.05, 3.63) is 34.1 Å². The standard InChI is InChI=1S/C12H10BrN3O2/c1-2-6-3-4-8-7(5-6)14-12-15-9(11(17)18)10(13)16(8)12/h3-5H,2H2,1H3,(H,14,15)(H,17,18). The first-order chi connectivity index (χ1) is 8.61. The lowest BCUT2D eigenvalue weighted by Gasteiger charge is -1.97. The zero-order chi connectivity index (χ0) is 12.9. The molecule has 2 aromatic heterocycles. The molecular weight excluding hydrogens is 298 g/mol. The van der Waals surface area contributed by atoms with E-state index in [0.29, 0.717) is 10.4 Å². The second-order valence-corrected chi connectivity index (χ2v) is 4.80. The number of imidazole rings is 2. The van der Waals surface area contributed by atoms with Crippen LogP contribution >= 0.6 is 15.9 Å². The smallest absolute Gasteiger partial charge is 0.357 e. The fourth-order valence-corrected chi connectivity index (χ4v) is 2.68. The maximum Gasteiger partial charge on any atom is 0.357 e. The number of aryl methyl sites for hydroxylation is 1. The number of H-pyrrole nitrogens is 1. The first-order valence-electron chi connectivity index (χ1n) is 5.53. The molecule has 0 aliphatic heterocycles. The number of aromatic carboxylic acids is 1. The van der Waals surface area contributed by atoms with Crippen LogP contribution in [0.1, 0.15) is 23.0 Å². The lowest BCUT2D eigenvalue weighted by atomic mass is 10.1. The van der Waals surface area contributed by atoms with Crippen molar-refractivity contribution in [3.8, 4) is 0 Å². The number of aromatic amines is 1. The summed E-state index contributed by atoms with van der Waals surface area (Å²) >= 11 is 3.29. The molecule has 5 nitrogen and oxygen atoms in total. The van der Waals surface area contributed by atoms with Crippen molar-refractivity contribution in [1.82, 2.24) is 14.4 Å². The van der Waals surface area contributed by atoms with E-state index in [0.717, 1.165) is 17.5 Å². The highest BCUT2D eigenvalue weighted by molar-refractivity contribution is 9.10. The van der Waals surface area contributed by atoms with E-state index in [1.165, 1.54) is 5.56 Å². The summed E-state index contributed by atoms with van der Waals surface area (Å²) in [6, 6.07) is 6.05. The molecule has 0 bridgehead atoms. The maximum atomic E-state index is 11.0. The number of hydrogen-bond donors (Lipinski definition) is 2. The van der Waals surface area contributed by atoms with E-state index in [1.807, 2.05) is 12.1 Å². The highest BCUT2D eigenvalue weighted by Gasteiger charge is 2.19. The second-order valence-electron chi connectivity index (χ2n) is 4.05. The van der Waals surface area contributed by atoms with Gasteiger partial charge >= 0.3 is 5.97 Å². The molecule has 18 heavy (non-hydrogen) atoms. The molecule has 0 unspecified atom stereocenters. The first-order valence-corrected chi connectivity index (χ1v) is 6.33. The molecule has 0 spiro atoms. The molecule has 92 valence electrons. The molecule has 3 rings (SSSR count). The Morgan fingerprint density at radius 3 is 3.00 bits per heavy atom. The van der Waals surface area contributed by atoms with Crippen LogP contribution in [-0.4, -0.2) is 25.4 Å². The minimum absolute atomic E-state index is 0.0164. The number of rotatable bonds is 2. The lowest BCUT2D eigenvalue weighted by molar-refractivity contribution is 0.0690. The van der Waals surface area contributed by atoms with Gasteiger partial charge in [0.25, 0.3) is 0 Å². The van der Waals surface area contributed by atoms with E-state index >= 15 is 0 Å². The van der Waals surface area contributed by atoms with Crippen LogP contribution in [0, 0.1) is 0 Å². The number of hydrogen-bond acceptors (Lipinski definition) is 2. The molecule has 2 N–H and O–H groups in total. The van der Waals surface area contributed by atoms with Crippen LogP contribution in [0.4, 0.5) is 0 Å². The second kappa shape index (κ2) is 3.84. The van der Waals surface area contributed by atoms with Crippen LogP contribution in [0.25, 0.3) is 16.8 Å². The van der Waals surface area contributed by atoms with E-state index in [-0.39, 0.29) is 5.69 Å². The van der Waals surface area contributed by atoms with Crippen molar-refractivity contribution in [2.45, 2.75) is 13.3 Å². The van der Waals surface area contributed by atoms with Gasteiger partial charge in [-0.1, -0.05) is 13.0 Å². The summed E-state index contributed by atoms with van der Waals surface area (Å²) in [6.45, 7) is 2.09. The maximum absolute atomic E-state index is 11.0. The topological polar surface area (TPSA) is 70.4 Å². The number of carboxylic acid groups (broad SMARTS) is 1. The molecule has 0 saturated carbocycles. The average Bonchev–Trinajstić information content (AvgIpc) is 2.85. The fraction of sp³-hybridized carbons (Fsp3) is 0.167. The zero-order valence-electron chi connectivity index (χ0n) is 9.57. The van der Waals surface area contributed by atoms with Gasteiger partial charge in [-0.15, -0.1) is 0 Å². The molecule has 0 radical (unpaired) electrons. The number of fused-ring (bicyclic) bond motifs is 3. The van der Waals surface area contributed by atoms with Gasteiger partial charge in [0.1, 0.15) is 4.60 Å². The van der Waals surface area contributed by atoms with Gasteiger partial charge in [0.2, 0.25) is 5.78 Å². The number of nitrogens with zero attached hydrogens (tertiary/aromatic N) is 2. The molecule has 0 atom stereocenters. The van der Waals surface area contributed by atoms with E-state index in [9.17, 15) is 4.79 Å². The van der Waals surface area contributed by atoms with Gasteiger partial charge in [-0.25, -0.2) is 9.78 Å². The summed E-state index contributed by atoms with van der Waals surface area (Å²) < 4.78 is 2.22. The SMILES string of the molecule is CCc1ccc2c(c1)[nH]c1nc(C(=O)O)c(Br)n12. The largest absolute Gasteiger partial charge is 0.476 e. The number of halogens is 1. The van der Waals surface area contributed by atoms with Gasteiger partial charge in [-0.05, 0) is 40.0 Å². The van der Waals surface area contributed by atoms with Crippen LogP contribution in [-0.2, 0) is 6.42 Å². The molecule has 2 heterocycles. The van der Waals surface area contributed by atoms with Gasteiger partial charge in [0, 0.05) is 0 Å². The van der Waals surface area contributed by atoms with Crippen molar-refractivity contribution < 1.29 is 9.90 Å². The van der Waals surface area contributed by atoms with Crippen molar-refractivity contribution in [1.29, 1.82) is 0 Å². The number of carboxylic acids is 1. The molecule has 3 aromatic rings. The van der Waals surface area contributed by atoms with Gasteiger partial charge in [-0.2, -0.15) is 0 Å². The Morgan fingerprint density at radius 2 is 2.33 bits per heavy atom. The third-order valence-electron chi connectivity index (χ3n) is 2.98. The molecule has 0 fully saturated rings. The third-order valence-corrected chi connectivity index (χ3v) is 3.71. The number of aromatic nitrogens is 3. The Labute approximate surface area is 111 Å². The van der Waals surface area contributed by atoms with Gasteiger partial charge in [-0.3, -0.25) is 4.40 Å². The normalized spacial score (nSPS) is 11.4. The lowest BCUT2D eigenvalue weighted by Crippen LogP contribution is -1.97. The highest BCUT2D eigenvalue weighted by Crippen LogP contribution is 2.25. The molecule has 0 saturated heterocycles. The summed E-state index contributed by atoms with van der Waals surface area (Å²) in [4.78, 5) is 18.2. The Kier molecular flexibility index (Phi) is 2.41. The van der Waals surface area contributed by atoms with E-state index < -0.39 is 5.97 Å². The van der Waals surface area contributed by atoms with Crippen LogP contribution in [0.15, 0.2) is 22.8 Å². The minimum atomic E-state index is -1.04. The summed E-state index contributed by atoms with van der Waals surface area (Å²) in [6.07, 6.45) is 0.957. The Balaban J connectivity index is 2.37. The number of benzene rings is 1. The van der Waals surface area contributed by atoms with E-state index in [2.05, 4.69) is 38.9 Å². The van der Waals surface area contributed by atoms with Crippen molar-refractivity contribution >= 4 is 38.7 Å². The van der Waals surface area contributed by atoms with Crippen molar-refractivity contribution in [3.63, 3.8) is 0 Å². The average molecular weight is 308 g/mol. The summed E-state index contributed by atoms with van der Waals surface area (Å²) in [7, 11) is 0. The highest BCUT2D eigenvalue weighted by atomic mass is 79.9. The van der Waals surface area contributed by atoms with E-state index in [1.54, 1.807) is 4.40 Å². The van der Waals surface area contributed by atoms with Gasteiger partial charge < -0.3 is 10.1 Å². The van der Waals surface area contributed by atoms with Gasteiger partial charge in [0.05, 0.1) is 11.0 Å². The van der Waals surface area contributed by atoms with Gasteiger partial charge in [0.15, 0.2) is 5.69 Å². The Morgan fingerprint density at radius 1 is 1.56 bits per heavy atom. The van der Waals surface area contributed by atoms with Crippen molar-refractivity contribution in [2.24, 2.45) is 0 Å². The first kappa shape index (κ1) is 11.3. The molecule has 0 aliphatic rings. The van der Waals surface area contributed by atoms with Crippen LogP contribution in [0.3, 0.4) is 0 Å². The van der Waals surface area contributed by atoms with Crippen LogP contribution < -0.4 is 0 Å². The van der Waals surface area contributed by atoms with Crippen molar-refractivity contribution in [2.75, 3.05) is 0 Å². The summed E-state index contributed by atoms with van der Waals surface area (Å²) in [5.41, 5.74) is 3.10. The molecule has 0 aliphatic carbocycles. The third kappa shape index (κ3) is 1.45. The minimum Gasteiger partial charge on any atom is -0.476 e. The fourth-order valence-electron chi connectivity index (χ4n) is 2.06. The zero-order valence-corrected chi connectivity index (χ0v) is 11.2. The quantitative estimate of drug-likeness (QED) is 0.765. The monoisotopic (exact) mass is 307 g/mol. The molecule has 1 aromatic carbocycles. The predicted octanol–water partition coefficient (Wildman–Crippen LogP) is 2.84. The number of nitrogens with one attached hydrogen (secondary N) is 1. The Bertz CT molecular complexity index is 772. The van der Waals surface area contributed by atoms with Crippen LogP contribution in [0.5, 0.6) is 0 Å². The Hall–Kier alpha value is -1.82. The molecule has 0 amide bonds. The van der Waals surface area contributed by atoms with Crippen LogP contribution in [0.2, 0.25) is 0 Å².